The predicted octanol–water partition coefficient (Wildman–Crippen LogP) is 2.85. The predicted molar refractivity (Wildman–Crippen MR) is 112 cm³/mol. The summed E-state index contributed by atoms with van der Waals surface area (Å²) in [6.07, 6.45) is 0. The summed E-state index contributed by atoms with van der Waals surface area (Å²) in [6.45, 7) is 5.39. The highest BCUT2D eigenvalue weighted by molar-refractivity contribution is 6.09. The number of anilines is 1. The van der Waals surface area contributed by atoms with E-state index in [9.17, 15) is 9.59 Å². The average molecular weight is 408 g/mol. The van der Waals surface area contributed by atoms with Crippen LogP contribution in [0.2, 0.25) is 0 Å². The van der Waals surface area contributed by atoms with Crippen molar-refractivity contribution in [2.45, 2.75) is 13.8 Å². The number of rotatable bonds is 9. The molecule has 0 fully saturated rings. The van der Waals surface area contributed by atoms with Gasteiger partial charge in [-0.3, -0.25) is 9.59 Å². The molecule has 7 nitrogen and oxygen atoms in total. The number of carbonyl (C=O) groups excluding carboxylic acids is 2. The van der Waals surface area contributed by atoms with Crippen LogP contribution in [0.25, 0.3) is 0 Å². The normalized spacial score (nSPS) is 9.82. The van der Waals surface area contributed by atoms with Crippen molar-refractivity contribution < 1.29 is 19.1 Å². The van der Waals surface area contributed by atoms with Gasteiger partial charge in [-0.2, -0.15) is 0 Å². The molecule has 0 radical (unpaired) electrons. The van der Waals surface area contributed by atoms with Crippen LogP contribution >= 0.6 is 12.4 Å². The van der Waals surface area contributed by atoms with E-state index in [0.29, 0.717) is 54.6 Å². The number of carbonyl (C=O) groups is 2. The first-order valence-electron chi connectivity index (χ1n) is 8.89. The third-order valence-corrected chi connectivity index (χ3v) is 3.66. The van der Waals surface area contributed by atoms with E-state index in [0.717, 1.165) is 0 Å². The lowest BCUT2D eigenvalue weighted by atomic mass is 10.1. The first-order chi connectivity index (χ1) is 13.1. The summed E-state index contributed by atoms with van der Waals surface area (Å²) in [4.78, 5) is 24.9. The van der Waals surface area contributed by atoms with Crippen molar-refractivity contribution in [1.82, 2.24) is 5.32 Å². The molecule has 0 saturated heterocycles. The van der Waals surface area contributed by atoms with E-state index in [2.05, 4.69) is 10.6 Å². The molecule has 8 heteroatoms. The fourth-order valence-corrected chi connectivity index (χ4v) is 2.46. The Balaban J connectivity index is 0.00000392. The second kappa shape index (κ2) is 11.8. The second-order valence-electron chi connectivity index (χ2n) is 5.57. The molecule has 0 saturated carbocycles. The minimum Gasteiger partial charge on any atom is -0.490 e. The topological polar surface area (TPSA) is 103 Å². The Labute approximate surface area is 171 Å². The lowest BCUT2D eigenvalue weighted by molar-refractivity contribution is 0.0955. The zero-order valence-electron chi connectivity index (χ0n) is 16.0. The van der Waals surface area contributed by atoms with E-state index < -0.39 is 0 Å². The monoisotopic (exact) mass is 407 g/mol. The number of halogens is 1. The van der Waals surface area contributed by atoms with Crippen LogP contribution in [0.15, 0.2) is 42.5 Å². The van der Waals surface area contributed by atoms with Crippen LogP contribution in [0, 0.1) is 0 Å². The maximum absolute atomic E-state index is 12.7. The molecule has 0 aliphatic carbocycles. The molecule has 0 aromatic heterocycles. The van der Waals surface area contributed by atoms with Gasteiger partial charge in [0.05, 0.1) is 24.5 Å². The Bertz CT molecular complexity index is 799. The van der Waals surface area contributed by atoms with Gasteiger partial charge in [0, 0.05) is 18.7 Å². The van der Waals surface area contributed by atoms with Crippen LogP contribution in [-0.2, 0) is 0 Å². The number of hydrogen-bond donors (Lipinski definition) is 3. The molecule has 0 aliphatic heterocycles. The highest BCUT2D eigenvalue weighted by atomic mass is 35.5. The Morgan fingerprint density at radius 1 is 0.964 bits per heavy atom. The van der Waals surface area contributed by atoms with Gasteiger partial charge in [0.2, 0.25) is 0 Å². The highest BCUT2D eigenvalue weighted by Gasteiger charge is 2.15. The van der Waals surface area contributed by atoms with Gasteiger partial charge in [-0.25, -0.2) is 0 Å². The van der Waals surface area contributed by atoms with Crippen molar-refractivity contribution in [3.05, 3.63) is 53.6 Å². The SMILES string of the molecule is CCOc1ccc(C(=O)Nc2ccccc2C(=O)NCCN)cc1OCC.Cl. The van der Waals surface area contributed by atoms with Crippen LogP contribution in [0.5, 0.6) is 11.5 Å². The van der Waals surface area contributed by atoms with Crippen molar-refractivity contribution >= 4 is 29.9 Å². The van der Waals surface area contributed by atoms with Crippen molar-refractivity contribution in [2.75, 3.05) is 31.6 Å². The maximum Gasteiger partial charge on any atom is 0.255 e. The van der Waals surface area contributed by atoms with Crippen LogP contribution in [0.4, 0.5) is 5.69 Å². The van der Waals surface area contributed by atoms with E-state index in [-0.39, 0.29) is 24.2 Å². The largest absolute Gasteiger partial charge is 0.490 e. The van der Waals surface area contributed by atoms with Gasteiger partial charge < -0.3 is 25.8 Å². The van der Waals surface area contributed by atoms with Gasteiger partial charge in [0.1, 0.15) is 0 Å². The van der Waals surface area contributed by atoms with Crippen LogP contribution in [0.3, 0.4) is 0 Å². The van der Waals surface area contributed by atoms with Gasteiger partial charge in [-0.1, -0.05) is 12.1 Å². The van der Waals surface area contributed by atoms with E-state index >= 15 is 0 Å². The first kappa shape index (κ1) is 23.3. The van der Waals surface area contributed by atoms with Crippen LogP contribution in [0.1, 0.15) is 34.6 Å². The molecule has 0 heterocycles. The Morgan fingerprint density at radius 2 is 1.64 bits per heavy atom. The zero-order chi connectivity index (χ0) is 19.6. The van der Waals surface area contributed by atoms with Crippen LogP contribution in [-0.4, -0.2) is 38.1 Å². The van der Waals surface area contributed by atoms with E-state index in [4.69, 9.17) is 15.2 Å². The molecule has 0 aliphatic rings. The lowest BCUT2D eigenvalue weighted by Gasteiger charge is -2.14. The minimum absolute atomic E-state index is 0. The first-order valence-corrected chi connectivity index (χ1v) is 8.89. The number of ether oxygens (including phenoxy) is 2. The summed E-state index contributed by atoms with van der Waals surface area (Å²) in [6, 6.07) is 11.8. The van der Waals surface area contributed by atoms with Gasteiger partial charge in [-0.05, 0) is 44.2 Å². The molecule has 2 aromatic carbocycles. The number of benzene rings is 2. The maximum atomic E-state index is 12.7. The number of para-hydroxylation sites is 1. The fourth-order valence-electron chi connectivity index (χ4n) is 2.46. The number of hydrogen-bond acceptors (Lipinski definition) is 5. The molecule has 0 unspecified atom stereocenters. The van der Waals surface area contributed by atoms with Gasteiger partial charge in [0.15, 0.2) is 11.5 Å². The van der Waals surface area contributed by atoms with E-state index in [1.807, 2.05) is 13.8 Å². The summed E-state index contributed by atoms with van der Waals surface area (Å²) in [5, 5.41) is 5.48. The smallest absolute Gasteiger partial charge is 0.255 e. The molecular formula is C20H26ClN3O4. The number of nitrogens with one attached hydrogen (secondary N) is 2. The van der Waals surface area contributed by atoms with E-state index in [1.165, 1.54) is 0 Å². The molecule has 2 aromatic rings. The molecule has 4 N–H and O–H groups in total. The van der Waals surface area contributed by atoms with Crippen LogP contribution < -0.4 is 25.8 Å². The Hall–Kier alpha value is -2.77. The molecular weight excluding hydrogens is 382 g/mol. The molecule has 28 heavy (non-hydrogen) atoms. The number of amides is 2. The fraction of sp³-hybridized carbons (Fsp3) is 0.300. The molecule has 2 amide bonds. The van der Waals surface area contributed by atoms with Crippen molar-refractivity contribution in [3.8, 4) is 11.5 Å². The third-order valence-electron chi connectivity index (χ3n) is 3.66. The molecule has 152 valence electrons. The Morgan fingerprint density at radius 3 is 2.32 bits per heavy atom. The van der Waals surface area contributed by atoms with Gasteiger partial charge >= 0.3 is 0 Å². The summed E-state index contributed by atoms with van der Waals surface area (Å²) in [5.41, 5.74) is 6.61. The minimum atomic E-state index is -0.349. The third kappa shape index (κ3) is 6.14. The highest BCUT2D eigenvalue weighted by Crippen LogP contribution is 2.29. The lowest BCUT2D eigenvalue weighted by Crippen LogP contribution is -2.30. The van der Waals surface area contributed by atoms with Crippen molar-refractivity contribution in [1.29, 1.82) is 0 Å². The summed E-state index contributed by atoms with van der Waals surface area (Å²) < 4.78 is 11.1. The average Bonchev–Trinajstić information content (AvgIpc) is 2.68. The number of nitrogens with two attached hydrogens (primary N) is 1. The summed E-state index contributed by atoms with van der Waals surface area (Å²) in [7, 11) is 0. The second-order valence-corrected chi connectivity index (χ2v) is 5.57. The molecule has 0 bridgehead atoms. The standard InChI is InChI=1S/C20H25N3O4.ClH/c1-3-26-17-10-9-14(13-18(17)27-4-2)19(24)23-16-8-6-5-7-15(16)20(25)22-12-11-21;/h5-10,13H,3-4,11-12,21H2,1-2H3,(H,22,25)(H,23,24);1H. The molecule has 0 spiro atoms. The zero-order valence-corrected chi connectivity index (χ0v) is 16.8. The van der Waals surface area contributed by atoms with Crippen molar-refractivity contribution in [3.63, 3.8) is 0 Å². The molecule has 0 atom stereocenters. The van der Waals surface area contributed by atoms with Gasteiger partial charge in [-0.15, -0.1) is 12.4 Å². The summed E-state index contributed by atoms with van der Waals surface area (Å²) >= 11 is 0. The van der Waals surface area contributed by atoms with Crippen molar-refractivity contribution in [2.24, 2.45) is 5.73 Å². The van der Waals surface area contributed by atoms with E-state index in [1.54, 1.807) is 42.5 Å². The van der Waals surface area contributed by atoms with Gasteiger partial charge in [0.25, 0.3) is 11.8 Å². The Kier molecular flexibility index (Phi) is 9.84. The molecule has 2 rings (SSSR count). The summed E-state index contributed by atoms with van der Waals surface area (Å²) in [5.74, 6) is 0.439. The quantitative estimate of drug-likeness (QED) is 0.593.